The van der Waals surface area contributed by atoms with E-state index in [0.29, 0.717) is 24.5 Å². The van der Waals surface area contributed by atoms with E-state index in [2.05, 4.69) is 0 Å². The van der Waals surface area contributed by atoms with E-state index in [1.165, 1.54) is 18.2 Å². The first kappa shape index (κ1) is 17.8. The van der Waals surface area contributed by atoms with Crippen LogP contribution in [0.15, 0.2) is 48.5 Å². The number of carbonyl (C=O) groups is 2. The van der Waals surface area contributed by atoms with Crippen LogP contribution in [0.1, 0.15) is 15.9 Å². The topological polar surface area (TPSA) is 49.9 Å². The molecule has 2 aliphatic heterocycles. The van der Waals surface area contributed by atoms with Gasteiger partial charge in [-0.2, -0.15) is 0 Å². The second-order valence-electron chi connectivity index (χ2n) is 6.94. The summed E-state index contributed by atoms with van der Waals surface area (Å²) in [5.41, 5.74) is 0.335. The maximum Gasteiger partial charge on any atom is 0.410 e. The minimum absolute atomic E-state index is 0.0592. The average molecular weight is 389 g/mol. The summed E-state index contributed by atoms with van der Waals surface area (Å²) < 4.78 is 19.5. The zero-order valence-electron chi connectivity index (χ0n) is 14.5. The van der Waals surface area contributed by atoms with Gasteiger partial charge in [0.15, 0.2) is 0 Å². The smallest absolute Gasteiger partial charge is 0.410 e. The summed E-state index contributed by atoms with van der Waals surface area (Å²) >= 11 is 5.93. The summed E-state index contributed by atoms with van der Waals surface area (Å²) in [4.78, 5) is 28.4. The van der Waals surface area contributed by atoms with Gasteiger partial charge < -0.3 is 9.64 Å². The normalized spacial score (nSPS) is 21.8. The number of benzene rings is 2. The summed E-state index contributed by atoms with van der Waals surface area (Å²) in [6.45, 7) is 1.14. The van der Waals surface area contributed by atoms with Gasteiger partial charge in [-0.15, -0.1) is 0 Å². The van der Waals surface area contributed by atoms with Crippen molar-refractivity contribution in [3.63, 3.8) is 0 Å². The highest BCUT2D eigenvalue weighted by Gasteiger charge is 2.51. The molecule has 0 radical (unpaired) electrons. The van der Waals surface area contributed by atoms with Crippen LogP contribution in [0.2, 0.25) is 5.02 Å². The number of ether oxygens (including phenoxy) is 1. The molecular formula is C20H18ClFN2O3. The molecule has 7 heteroatoms. The number of fused-ring (bicyclic) bond motifs is 1. The van der Waals surface area contributed by atoms with Crippen molar-refractivity contribution in [2.45, 2.75) is 12.0 Å². The molecule has 1 atom stereocenters. The van der Waals surface area contributed by atoms with E-state index in [-0.39, 0.29) is 24.8 Å². The fraction of sp³-hybridized carbons (Fsp3) is 0.300. The van der Waals surface area contributed by atoms with Crippen LogP contribution >= 0.6 is 11.6 Å². The Morgan fingerprint density at radius 1 is 1.19 bits per heavy atom. The maximum atomic E-state index is 14.2. The van der Waals surface area contributed by atoms with Crippen molar-refractivity contribution in [2.75, 3.05) is 26.2 Å². The molecule has 1 unspecified atom stereocenters. The van der Waals surface area contributed by atoms with Crippen molar-refractivity contribution in [2.24, 2.45) is 0 Å². The van der Waals surface area contributed by atoms with E-state index in [4.69, 9.17) is 16.3 Å². The molecule has 2 aromatic carbocycles. The monoisotopic (exact) mass is 388 g/mol. The highest BCUT2D eigenvalue weighted by molar-refractivity contribution is 6.31. The van der Waals surface area contributed by atoms with Gasteiger partial charge in [-0.3, -0.25) is 9.69 Å². The zero-order valence-corrected chi connectivity index (χ0v) is 15.3. The van der Waals surface area contributed by atoms with E-state index in [1.54, 1.807) is 9.80 Å². The van der Waals surface area contributed by atoms with Gasteiger partial charge in [-0.05, 0) is 23.8 Å². The summed E-state index contributed by atoms with van der Waals surface area (Å²) in [5, 5.41) is 0.303. The highest BCUT2D eigenvalue weighted by Crippen LogP contribution is 2.33. The fourth-order valence-electron chi connectivity index (χ4n) is 3.84. The van der Waals surface area contributed by atoms with E-state index in [9.17, 15) is 14.0 Å². The Kier molecular flexibility index (Phi) is 4.52. The van der Waals surface area contributed by atoms with Gasteiger partial charge in [0.05, 0.1) is 5.56 Å². The Balaban J connectivity index is 1.63. The molecule has 0 N–H and O–H groups in total. The minimum atomic E-state index is -0.651. The quantitative estimate of drug-likeness (QED) is 0.810. The molecule has 0 bridgehead atoms. The first-order chi connectivity index (χ1) is 13.0. The molecule has 2 aromatic rings. The van der Waals surface area contributed by atoms with Crippen LogP contribution in [0, 0.1) is 5.82 Å². The molecule has 4 rings (SSSR count). The molecular weight excluding hydrogens is 371 g/mol. The lowest BCUT2D eigenvalue weighted by molar-refractivity contribution is 0.0372. The van der Waals surface area contributed by atoms with Gasteiger partial charge in [0.1, 0.15) is 18.0 Å². The Hall–Kier alpha value is -2.60. The van der Waals surface area contributed by atoms with Crippen molar-refractivity contribution in [3.05, 3.63) is 70.5 Å². The fourth-order valence-corrected chi connectivity index (χ4v) is 4.02. The van der Waals surface area contributed by atoms with Crippen LogP contribution < -0.4 is 0 Å². The van der Waals surface area contributed by atoms with Gasteiger partial charge in [-0.1, -0.05) is 41.9 Å². The number of halogens is 2. The van der Waals surface area contributed by atoms with Gasteiger partial charge in [-0.25, -0.2) is 9.18 Å². The van der Waals surface area contributed by atoms with Crippen molar-refractivity contribution in [3.8, 4) is 0 Å². The van der Waals surface area contributed by atoms with Gasteiger partial charge in [0.2, 0.25) is 0 Å². The number of nitrogens with zero attached hydrogens (tertiary/aromatic N) is 2. The number of rotatable bonds is 3. The van der Waals surface area contributed by atoms with Crippen LogP contribution in [-0.4, -0.2) is 53.6 Å². The third-order valence-electron chi connectivity index (χ3n) is 5.16. The van der Waals surface area contributed by atoms with Crippen molar-refractivity contribution in [1.29, 1.82) is 0 Å². The molecule has 2 heterocycles. The number of hydrogen-bond donors (Lipinski definition) is 0. The SMILES string of the molecule is O=C(c1cc(Cl)ccc1F)N1CCN2C(=O)OCC2(Cc2ccccc2)C1. The summed E-state index contributed by atoms with van der Waals surface area (Å²) in [6, 6.07) is 13.7. The molecule has 2 aliphatic rings. The summed E-state index contributed by atoms with van der Waals surface area (Å²) in [5.74, 6) is -1.04. The molecule has 0 spiro atoms. The predicted octanol–water partition coefficient (Wildman–Crippen LogP) is 3.37. The molecule has 27 heavy (non-hydrogen) atoms. The van der Waals surface area contributed by atoms with Crippen molar-refractivity contribution < 1.29 is 18.7 Å². The minimum Gasteiger partial charge on any atom is -0.447 e. The zero-order chi connectivity index (χ0) is 19.0. The van der Waals surface area contributed by atoms with Crippen LogP contribution in [-0.2, 0) is 11.2 Å². The van der Waals surface area contributed by atoms with Crippen LogP contribution in [0.5, 0.6) is 0 Å². The average Bonchev–Trinajstić information content (AvgIpc) is 3.00. The van der Waals surface area contributed by atoms with Crippen LogP contribution in [0.4, 0.5) is 9.18 Å². The van der Waals surface area contributed by atoms with Gasteiger partial charge >= 0.3 is 6.09 Å². The lowest BCUT2D eigenvalue weighted by atomic mass is 9.88. The predicted molar refractivity (Wildman–Crippen MR) is 98.2 cm³/mol. The van der Waals surface area contributed by atoms with Crippen molar-refractivity contribution in [1.82, 2.24) is 9.80 Å². The first-order valence-electron chi connectivity index (χ1n) is 8.71. The van der Waals surface area contributed by atoms with E-state index >= 15 is 0 Å². The molecule has 0 saturated carbocycles. The standard InChI is InChI=1S/C20H18ClFN2O3/c21-15-6-7-17(22)16(10-15)18(25)23-8-9-24-19(26)27-13-20(24,12-23)11-14-4-2-1-3-5-14/h1-7,10H,8-9,11-13H2. The Morgan fingerprint density at radius 2 is 1.96 bits per heavy atom. The number of cyclic esters (lactones) is 1. The molecule has 2 fully saturated rings. The largest absolute Gasteiger partial charge is 0.447 e. The van der Waals surface area contributed by atoms with Crippen molar-refractivity contribution >= 4 is 23.6 Å². The third-order valence-corrected chi connectivity index (χ3v) is 5.39. The lowest BCUT2D eigenvalue weighted by Crippen LogP contribution is -2.63. The van der Waals surface area contributed by atoms with E-state index < -0.39 is 17.3 Å². The number of carbonyl (C=O) groups excluding carboxylic acids is 2. The summed E-state index contributed by atoms with van der Waals surface area (Å²) in [6.07, 6.45) is 0.188. The second kappa shape index (κ2) is 6.85. The number of hydrogen-bond acceptors (Lipinski definition) is 3. The van der Waals surface area contributed by atoms with Gasteiger partial charge in [0.25, 0.3) is 5.91 Å². The number of amides is 2. The molecule has 5 nitrogen and oxygen atoms in total. The molecule has 0 aromatic heterocycles. The molecule has 0 aliphatic carbocycles. The van der Waals surface area contributed by atoms with E-state index in [0.717, 1.165) is 5.56 Å². The molecule has 140 valence electrons. The summed E-state index contributed by atoms with van der Waals surface area (Å²) in [7, 11) is 0. The van der Waals surface area contributed by atoms with Gasteiger partial charge in [0, 0.05) is 31.1 Å². The Morgan fingerprint density at radius 3 is 2.74 bits per heavy atom. The molecule has 2 amide bonds. The third kappa shape index (κ3) is 3.25. The Labute approximate surface area is 161 Å². The second-order valence-corrected chi connectivity index (χ2v) is 7.38. The highest BCUT2D eigenvalue weighted by atomic mass is 35.5. The number of piperazine rings is 1. The molecule has 2 saturated heterocycles. The van der Waals surface area contributed by atoms with E-state index in [1.807, 2.05) is 30.3 Å². The van der Waals surface area contributed by atoms with Crippen LogP contribution in [0.25, 0.3) is 0 Å². The Bertz CT molecular complexity index is 892. The maximum absolute atomic E-state index is 14.2. The lowest BCUT2D eigenvalue weighted by Gasteiger charge is -2.44. The van der Waals surface area contributed by atoms with Crippen LogP contribution in [0.3, 0.4) is 0 Å². The first-order valence-corrected chi connectivity index (χ1v) is 9.09.